The average Bonchev–Trinajstić information content (AvgIpc) is 3.13. The van der Waals surface area contributed by atoms with Crippen LogP contribution in [-0.2, 0) is 4.74 Å². The normalized spacial score (nSPS) is 17.7. The third-order valence-electron chi connectivity index (χ3n) is 3.71. The van der Waals surface area contributed by atoms with Crippen LogP contribution in [0.1, 0.15) is 12.8 Å². The van der Waals surface area contributed by atoms with Crippen molar-refractivity contribution in [3.63, 3.8) is 0 Å². The van der Waals surface area contributed by atoms with E-state index < -0.39 is 0 Å². The molecule has 0 radical (unpaired) electrons. The third-order valence-corrected chi connectivity index (χ3v) is 3.71. The molecule has 0 spiro atoms. The molecule has 21 heavy (non-hydrogen) atoms. The van der Waals surface area contributed by atoms with Crippen LogP contribution in [0.5, 0.6) is 5.75 Å². The van der Waals surface area contributed by atoms with Crippen molar-refractivity contribution in [2.45, 2.75) is 12.8 Å². The fourth-order valence-electron chi connectivity index (χ4n) is 2.47. The first kappa shape index (κ1) is 13.6. The highest BCUT2D eigenvalue weighted by Crippen LogP contribution is 2.15. The van der Waals surface area contributed by atoms with Crippen molar-refractivity contribution < 1.29 is 9.84 Å². The van der Waals surface area contributed by atoms with E-state index in [2.05, 4.69) is 14.9 Å². The molecule has 2 aliphatic heterocycles. The number of rotatable bonds is 1. The number of likely N-dealkylation sites (tertiary alicyclic amines) is 1. The standard InChI is InChI=1S/C15H20N4O2/c1-18-10-11-21-15(18)17-14(19-8-2-3-9-19)16-12-4-6-13(20)7-5-12/h4-7,20H,2-3,8-11H2,1H3/p+1. The molecule has 0 aliphatic carbocycles. The molecule has 2 fully saturated rings. The van der Waals surface area contributed by atoms with Gasteiger partial charge in [0.25, 0.3) is 0 Å². The Hall–Kier alpha value is -2.33. The third kappa shape index (κ3) is 3.23. The van der Waals surface area contributed by atoms with Crippen molar-refractivity contribution >= 4 is 17.7 Å². The molecule has 2 heterocycles. The van der Waals surface area contributed by atoms with Crippen molar-refractivity contribution in [2.75, 3.05) is 38.6 Å². The molecule has 112 valence electrons. The van der Waals surface area contributed by atoms with E-state index in [0.29, 0.717) is 12.6 Å². The number of benzene rings is 1. The van der Waals surface area contributed by atoms with E-state index in [4.69, 9.17) is 4.74 Å². The molecule has 1 aromatic carbocycles. The number of likely N-dealkylation sites (N-methyl/N-ethyl adjacent to an activating group) is 1. The lowest BCUT2D eigenvalue weighted by molar-refractivity contribution is 0.350. The molecule has 2 N–H and O–H groups in total. The van der Waals surface area contributed by atoms with E-state index in [1.54, 1.807) is 12.1 Å². The van der Waals surface area contributed by atoms with E-state index in [1.165, 1.54) is 12.8 Å². The molecule has 0 unspecified atom stereocenters. The molecule has 2 saturated heterocycles. The van der Waals surface area contributed by atoms with Crippen molar-refractivity contribution in [1.29, 1.82) is 0 Å². The highest BCUT2D eigenvalue weighted by Gasteiger charge is 2.26. The van der Waals surface area contributed by atoms with E-state index in [9.17, 15) is 5.11 Å². The number of hydrogen-bond donors (Lipinski definition) is 2. The van der Waals surface area contributed by atoms with Gasteiger partial charge in [-0.25, -0.2) is 4.67 Å². The Kier molecular flexibility index (Phi) is 3.88. The number of nitrogens with zero attached hydrogens (tertiary/aromatic N) is 3. The number of ether oxygens (including phenoxy) is 1. The molecule has 0 aromatic heterocycles. The minimum Gasteiger partial charge on any atom is -0.508 e. The first-order valence-corrected chi connectivity index (χ1v) is 7.33. The summed E-state index contributed by atoms with van der Waals surface area (Å²) in [7, 11) is 1.98. The lowest BCUT2D eigenvalue weighted by Gasteiger charge is -2.12. The molecule has 1 aromatic rings. The van der Waals surface area contributed by atoms with Gasteiger partial charge in [0.15, 0.2) is 0 Å². The highest BCUT2D eigenvalue weighted by atomic mass is 16.5. The number of phenolic OH excluding ortho intramolecular Hbond substituents is 1. The van der Waals surface area contributed by atoms with Crippen molar-refractivity contribution in [2.24, 2.45) is 0 Å². The zero-order valence-corrected chi connectivity index (χ0v) is 12.2. The van der Waals surface area contributed by atoms with Gasteiger partial charge in [0.05, 0.1) is 25.3 Å². The van der Waals surface area contributed by atoms with Crippen molar-refractivity contribution in [3.8, 4) is 5.75 Å². The van der Waals surface area contributed by atoms with Gasteiger partial charge in [0.1, 0.15) is 12.4 Å². The SMILES string of the molecule is CN1CCOC1=[N+]=C(Nc1ccc(O)cc1)N1CCCC1. The number of guanidine groups is 1. The Morgan fingerprint density at radius 3 is 2.52 bits per heavy atom. The predicted octanol–water partition coefficient (Wildman–Crippen LogP) is 0.641. The van der Waals surface area contributed by atoms with Gasteiger partial charge in [-0.1, -0.05) is 0 Å². The molecular weight excluding hydrogens is 268 g/mol. The van der Waals surface area contributed by atoms with Crippen LogP contribution in [0, 0.1) is 0 Å². The van der Waals surface area contributed by atoms with Crippen LogP contribution in [0.2, 0.25) is 0 Å². The van der Waals surface area contributed by atoms with Gasteiger partial charge >= 0.3 is 12.0 Å². The van der Waals surface area contributed by atoms with Gasteiger partial charge in [-0.2, -0.15) is 0 Å². The molecular formula is C15H21N4O2+. The molecule has 2 aliphatic rings. The summed E-state index contributed by atoms with van der Waals surface area (Å²) in [5.41, 5.74) is 0.903. The van der Waals surface area contributed by atoms with Crippen LogP contribution < -0.4 is 9.98 Å². The largest absolute Gasteiger partial charge is 0.508 e. The summed E-state index contributed by atoms with van der Waals surface area (Å²) in [6, 6.07) is 7.66. The first-order valence-electron chi connectivity index (χ1n) is 7.33. The minimum atomic E-state index is 0.258. The molecule has 3 rings (SSSR count). The van der Waals surface area contributed by atoms with E-state index in [0.717, 1.165) is 31.3 Å². The average molecular weight is 289 g/mol. The lowest BCUT2D eigenvalue weighted by Crippen LogP contribution is -2.38. The second-order valence-corrected chi connectivity index (χ2v) is 5.35. The number of nitrogens with one attached hydrogen (secondary N) is 1. The van der Waals surface area contributed by atoms with Gasteiger partial charge in [-0.15, -0.1) is 0 Å². The summed E-state index contributed by atoms with van der Waals surface area (Å²) < 4.78 is 10.2. The van der Waals surface area contributed by atoms with Crippen LogP contribution in [0.4, 0.5) is 5.69 Å². The Bertz CT molecular complexity index is 558. The molecule has 0 atom stereocenters. The number of phenols is 1. The summed E-state index contributed by atoms with van der Waals surface area (Å²) in [5, 5.41) is 12.7. The summed E-state index contributed by atoms with van der Waals surface area (Å²) in [6.07, 6.45) is 2.37. The number of amidine groups is 1. The van der Waals surface area contributed by atoms with Gasteiger partial charge in [-0.05, 0) is 37.1 Å². The molecule has 6 heteroatoms. The smallest absolute Gasteiger partial charge is 0.454 e. The van der Waals surface area contributed by atoms with Gasteiger partial charge in [0.2, 0.25) is 0 Å². The van der Waals surface area contributed by atoms with E-state index in [1.807, 2.05) is 24.1 Å². The first-order chi connectivity index (χ1) is 10.2. The van der Waals surface area contributed by atoms with Crippen molar-refractivity contribution in [1.82, 2.24) is 14.5 Å². The Morgan fingerprint density at radius 1 is 1.19 bits per heavy atom. The van der Waals surface area contributed by atoms with E-state index in [-0.39, 0.29) is 5.75 Å². The zero-order chi connectivity index (χ0) is 14.7. The van der Waals surface area contributed by atoms with Crippen LogP contribution in [-0.4, -0.2) is 60.2 Å². The maximum Gasteiger partial charge on any atom is 0.454 e. The highest BCUT2D eigenvalue weighted by molar-refractivity contribution is 5.96. The quantitative estimate of drug-likeness (QED) is 0.344. The van der Waals surface area contributed by atoms with Gasteiger partial charge in [0, 0.05) is 7.05 Å². The Morgan fingerprint density at radius 2 is 1.90 bits per heavy atom. The molecule has 0 saturated carbocycles. The monoisotopic (exact) mass is 289 g/mol. The topological polar surface area (TPSA) is 62.1 Å². The van der Waals surface area contributed by atoms with Crippen LogP contribution in [0.25, 0.3) is 0 Å². The van der Waals surface area contributed by atoms with Crippen molar-refractivity contribution in [3.05, 3.63) is 24.3 Å². The molecule has 0 bridgehead atoms. The second-order valence-electron chi connectivity index (χ2n) is 5.35. The van der Waals surface area contributed by atoms with E-state index >= 15 is 0 Å². The Balaban J connectivity index is 1.89. The van der Waals surface area contributed by atoms with Crippen LogP contribution in [0.3, 0.4) is 0 Å². The number of anilines is 1. The summed E-state index contributed by atoms with van der Waals surface area (Å²) >= 11 is 0. The fourth-order valence-corrected chi connectivity index (χ4v) is 2.47. The summed E-state index contributed by atoms with van der Waals surface area (Å²) in [4.78, 5) is 4.24. The van der Waals surface area contributed by atoms with Crippen LogP contribution in [0.15, 0.2) is 24.3 Å². The lowest BCUT2D eigenvalue weighted by atomic mass is 10.3. The molecule has 0 amide bonds. The zero-order valence-electron chi connectivity index (χ0n) is 12.2. The fraction of sp³-hybridized carbons (Fsp3) is 0.467. The number of hydrogen-bond acceptors (Lipinski definition) is 2. The Labute approximate surface area is 124 Å². The summed E-state index contributed by atoms with van der Waals surface area (Å²) in [5.74, 6) is 1.07. The predicted molar refractivity (Wildman–Crippen MR) is 83.3 cm³/mol. The van der Waals surface area contributed by atoms with Gasteiger partial charge in [-0.3, -0.25) is 15.1 Å². The summed E-state index contributed by atoms with van der Waals surface area (Å²) in [6.45, 7) is 3.55. The maximum atomic E-state index is 9.37. The minimum absolute atomic E-state index is 0.258. The van der Waals surface area contributed by atoms with Crippen LogP contribution >= 0.6 is 0 Å². The molecule has 6 nitrogen and oxygen atoms in total. The number of aromatic hydroxyl groups is 1. The maximum absolute atomic E-state index is 9.37. The second kappa shape index (κ2) is 5.97. The van der Waals surface area contributed by atoms with Gasteiger partial charge < -0.3 is 9.84 Å².